The van der Waals surface area contributed by atoms with Gasteiger partial charge in [-0.1, -0.05) is 276 Å². The third-order valence-corrected chi connectivity index (χ3v) is 13.2. The fourth-order valence-electron chi connectivity index (χ4n) is 8.47. The quantitative estimate of drug-likeness (QED) is 0.0261. The summed E-state index contributed by atoms with van der Waals surface area (Å²) >= 11 is 0. The number of unbranched alkanes of at least 4 members (excludes halogenated alkanes) is 23. The molecule has 1 atom stereocenters. The topological polar surface area (TPSA) is 78.9 Å². The van der Waals surface area contributed by atoms with Crippen LogP contribution in [0.15, 0.2) is 134 Å². The van der Waals surface area contributed by atoms with Crippen molar-refractivity contribution in [3.8, 4) is 0 Å². The van der Waals surface area contributed by atoms with Crippen molar-refractivity contribution in [2.45, 2.75) is 284 Å². The number of rotatable bonds is 56. The highest BCUT2D eigenvalue weighted by molar-refractivity contribution is 5.71. The normalized spacial score (nSPS) is 13.0. The molecule has 0 aliphatic carbocycles. The maximum Gasteiger partial charge on any atom is 0.306 e. The molecule has 0 rings (SSSR count). The average molecular weight is 1070 g/mol. The van der Waals surface area contributed by atoms with E-state index in [0.29, 0.717) is 19.3 Å². The van der Waals surface area contributed by atoms with Gasteiger partial charge in [-0.3, -0.25) is 14.4 Å². The molecule has 0 radical (unpaired) electrons. The van der Waals surface area contributed by atoms with E-state index >= 15 is 0 Å². The SMILES string of the molecule is CC/C=C\C/C=C\C/C=C\C/C=C\C/C=C\C/C=C\C/C=C\C/C=C\CCCCCCCCC(=O)OCC(COC(=O)CCCCC/C=C\C/C=C\C/C=C\CC)OC(=O)CCCCCCCCCCCCCCCCC. The Morgan fingerprint density at radius 2 is 0.506 bits per heavy atom. The van der Waals surface area contributed by atoms with Crippen molar-refractivity contribution in [2.24, 2.45) is 0 Å². The predicted molar refractivity (Wildman–Crippen MR) is 334 cm³/mol. The molecule has 0 aliphatic rings. The van der Waals surface area contributed by atoms with Gasteiger partial charge < -0.3 is 14.2 Å². The molecule has 0 aliphatic heterocycles. The lowest BCUT2D eigenvalue weighted by atomic mass is 10.0. The molecule has 1 unspecified atom stereocenters. The Hall–Kier alpha value is -4.45. The van der Waals surface area contributed by atoms with Gasteiger partial charge in [-0.05, 0) is 116 Å². The first-order valence-electron chi connectivity index (χ1n) is 31.7. The van der Waals surface area contributed by atoms with Crippen LogP contribution >= 0.6 is 0 Å². The van der Waals surface area contributed by atoms with Gasteiger partial charge in [0.05, 0.1) is 0 Å². The molecule has 0 aromatic carbocycles. The first-order chi connectivity index (χ1) is 38.0. The number of carbonyl (C=O) groups excluding carboxylic acids is 3. The monoisotopic (exact) mass is 1060 g/mol. The summed E-state index contributed by atoms with van der Waals surface area (Å²) in [6.07, 6.45) is 90.3. The minimum atomic E-state index is -0.799. The zero-order valence-electron chi connectivity index (χ0n) is 49.9. The molecule has 0 aromatic rings. The number of carbonyl (C=O) groups is 3. The zero-order chi connectivity index (χ0) is 55.7. The van der Waals surface area contributed by atoms with Gasteiger partial charge in [0.2, 0.25) is 0 Å². The number of esters is 3. The summed E-state index contributed by atoms with van der Waals surface area (Å²) in [6.45, 7) is 6.38. The first-order valence-corrected chi connectivity index (χ1v) is 31.7. The highest BCUT2D eigenvalue weighted by Gasteiger charge is 2.19. The van der Waals surface area contributed by atoms with Crippen molar-refractivity contribution >= 4 is 17.9 Å². The van der Waals surface area contributed by atoms with E-state index in [1.54, 1.807) is 0 Å². The van der Waals surface area contributed by atoms with Crippen molar-refractivity contribution in [3.05, 3.63) is 134 Å². The van der Waals surface area contributed by atoms with E-state index in [1.807, 2.05) is 0 Å². The Morgan fingerprint density at radius 1 is 0.273 bits per heavy atom. The van der Waals surface area contributed by atoms with Crippen LogP contribution in [0, 0.1) is 0 Å². The van der Waals surface area contributed by atoms with E-state index < -0.39 is 6.10 Å². The number of hydrogen-bond acceptors (Lipinski definition) is 6. The maximum atomic E-state index is 12.9. The molecule has 6 nitrogen and oxygen atoms in total. The molecule has 0 spiro atoms. The lowest BCUT2D eigenvalue weighted by molar-refractivity contribution is -0.167. The van der Waals surface area contributed by atoms with Gasteiger partial charge in [0.25, 0.3) is 0 Å². The molecule has 0 N–H and O–H groups in total. The number of ether oxygens (including phenoxy) is 3. The summed E-state index contributed by atoms with van der Waals surface area (Å²) in [5, 5.41) is 0. The molecular weight excluding hydrogens is 949 g/mol. The Bertz CT molecular complexity index is 1650. The standard InChI is InChI=1S/C71H116O6/c1-4-7-10-13-16-19-22-25-27-28-29-30-31-32-33-34-35-36-37-38-39-40-41-42-44-46-49-52-55-58-61-64-70(73)76-67-68(66-75-69(72)63-60-57-54-51-48-45-24-21-18-15-12-9-6-3)77-71(74)65-62-59-56-53-50-47-43-26-23-20-17-14-11-8-5-2/h7,9-10,12,16,18-19,21,25,27,29-30,32-33,35-36,38-39,41-42,45,48,68H,4-6,8,11,13-15,17,20,22-24,26,28,31,34,37,40,43-44,46-47,49-67H2,1-3H3/b10-7-,12-9-,19-16-,21-18-,27-25-,30-29-,33-32-,36-35-,39-38-,42-41-,48-45-. The third-order valence-electron chi connectivity index (χ3n) is 13.2. The second-order valence-corrected chi connectivity index (χ2v) is 20.6. The molecule has 0 amide bonds. The van der Waals surface area contributed by atoms with E-state index in [0.717, 1.165) is 148 Å². The van der Waals surface area contributed by atoms with E-state index in [-0.39, 0.29) is 31.1 Å². The minimum absolute atomic E-state index is 0.0968. The summed E-state index contributed by atoms with van der Waals surface area (Å²) in [6, 6.07) is 0. The predicted octanol–water partition coefficient (Wildman–Crippen LogP) is 21.8. The van der Waals surface area contributed by atoms with E-state index in [9.17, 15) is 14.4 Å². The zero-order valence-corrected chi connectivity index (χ0v) is 49.9. The Balaban J connectivity index is 4.33. The minimum Gasteiger partial charge on any atom is -0.462 e. The first kappa shape index (κ1) is 72.5. The lowest BCUT2D eigenvalue weighted by Crippen LogP contribution is -2.30. The maximum absolute atomic E-state index is 12.9. The Labute approximate surface area is 475 Å². The van der Waals surface area contributed by atoms with Crippen LogP contribution in [0.3, 0.4) is 0 Å². The molecule has 0 saturated carbocycles. The molecule has 77 heavy (non-hydrogen) atoms. The van der Waals surface area contributed by atoms with Crippen molar-refractivity contribution in [1.82, 2.24) is 0 Å². The molecular formula is C71H116O6. The van der Waals surface area contributed by atoms with Crippen LogP contribution in [0.4, 0.5) is 0 Å². The molecule has 6 heteroatoms. The van der Waals surface area contributed by atoms with Crippen LogP contribution in [0.5, 0.6) is 0 Å². The fraction of sp³-hybridized carbons (Fsp3) is 0.648. The van der Waals surface area contributed by atoms with Gasteiger partial charge in [0, 0.05) is 19.3 Å². The summed E-state index contributed by atoms with van der Waals surface area (Å²) in [5.41, 5.74) is 0. The van der Waals surface area contributed by atoms with Crippen LogP contribution in [0.1, 0.15) is 278 Å². The van der Waals surface area contributed by atoms with Gasteiger partial charge in [0.1, 0.15) is 13.2 Å². The van der Waals surface area contributed by atoms with Crippen LogP contribution in [0.2, 0.25) is 0 Å². The molecule has 436 valence electrons. The van der Waals surface area contributed by atoms with Gasteiger partial charge in [0.15, 0.2) is 6.10 Å². The molecule has 0 heterocycles. The van der Waals surface area contributed by atoms with Gasteiger partial charge in [-0.25, -0.2) is 0 Å². The highest BCUT2D eigenvalue weighted by Crippen LogP contribution is 2.16. The van der Waals surface area contributed by atoms with E-state index in [2.05, 4.69) is 154 Å². The van der Waals surface area contributed by atoms with Crippen molar-refractivity contribution < 1.29 is 28.6 Å². The average Bonchev–Trinajstić information content (AvgIpc) is 3.43. The second kappa shape index (κ2) is 64.1. The Kier molecular flexibility index (Phi) is 60.4. The molecule has 0 aromatic heterocycles. The molecule has 0 saturated heterocycles. The van der Waals surface area contributed by atoms with E-state index in [1.165, 1.54) is 89.9 Å². The van der Waals surface area contributed by atoms with Crippen LogP contribution in [0.25, 0.3) is 0 Å². The van der Waals surface area contributed by atoms with Gasteiger partial charge in [-0.15, -0.1) is 0 Å². The molecule has 0 bridgehead atoms. The summed E-state index contributed by atoms with van der Waals surface area (Å²) in [4.78, 5) is 38.2. The van der Waals surface area contributed by atoms with Crippen LogP contribution in [-0.2, 0) is 28.6 Å². The van der Waals surface area contributed by atoms with Crippen LogP contribution < -0.4 is 0 Å². The smallest absolute Gasteiger partial charge is 0.306 e. The van der Waals surface area contributed by atoms with Gasteiger partial charge >= 0.3 is 17.9 Å². The summed E-state index contributed by atoms with van der Waals surface area (Å²) < 4.78 is 16.9. The summed E-state index contributed by atoms with van der Waals surface area (Å²) in [7, 11) is 0. The molecule has 0 fully saturated rings. The van der Waals surface area contributed by atoms with Gasteiger partial charge in [-0.2, -0.15) is 0 Å². The number of allylic oxidation sites excluding steroid dienone is 22. The van der Waals surface area contributed by atoms with Crippen LogP contribution in [-0.4, -0.2) is 37.2 Å². The fourth-order valence-corrected chi connectivity index (χ4v) is 8.47. The lowest BCUT2D eigenvalue weighted by Gasteiger charge is -2.18. The highest BCUT2D eigenvalue weighted by atomic mass is 16.6. The summed E-state index contributed by atoms with van der Waals surface area (Å²) in [5.74, 6) is -0.937. The van der Waals surface area contributed by atoms with Crippen molar-refractivity contribution in [3.63, 3.8) is 0 Å². The van der Waals surface area contributed by atoms with Crippen molar-refractivity contribution in [2.75, 3.05) is 13.2 Å². The Morgan fingerprint density at radius 3 is 0.805 bits per heavy atom. The van der Waals surface area contributed by atoms with E-state index in [4.69, 9.17) is 14.2 Å². The van der Waals surface area contributed by atoms with Crippen molar-refractivity contribution in [1.29, 1.82) is 0 Å². The second-order valence-electron chi connectivity index (χ2n) is 20.6. The number of hydrogen-bond donors (Lipinski definition) is 0. The third kappa shape index (κ3) is 62.3. The largest absolute Gasteiger partial charge is 0.462 e.